The maximum atomic E-state index is 11.6. The molecule has 0 aromatic rings. The van der Waals surface area contributed by atoms with Crippen LogP contribution < -0.4 is 0 Å². The van der Waals surface area contributed by atoms with Crippen molar-refractivity contribution in [3.63, 3.8) is 0 Å². The highest BCUT2D eigenvalue weighted by atomic mass is 19.4. The molecule has 0 radical (unpaired) electrons. The molecule has 74 valence electrons. The number of hydrogen-bond acceptors (Lipinski definition) is 3. The number of ether oxygens (including phenoxy) is 1. The van der Waals surface area contributed by atoms with Crippen molar-refractivity contribution in [3.8, 4) is 0 Å². The predicted octanol–water partition coefficient (Wildman–Crippen LogP) is 0.309. The normalized spacial score (nSPS) is 14.8. The Morgan fingerprint density at radius 1 is 1.33 bits per heavy atom. The standard InChI is InChI=1S/C6H11F3O3/c7-6(8,9)5(11)4-12-3-1-2-10/h5,10-11H,1-4H2. The zero-order valence-electron chi connectivity index (χ0n) is 6.34. The third kappa shape index (κ3) is 5.34. The van der Waals surface area contributed by atoms with Crippen LogP contribution in [0.2, 0.25) is 0 Å². The topological polar surface area (TPSA) is 49.7 Å². The maximum Gasteiger partial charge on any atom is 0.416 e. The van der Waals surface area contributed by atoms with Gasteiger partial charge in [-0.3, -0.25) is 0 Å². The molecule has 0 aliphatic carbocycles. The maximum absolute atomic E-state index is 11.6. The molecule has 0 saturated heterocycles. The Kier molecular flexibility index (Phi) is 5.19. The van der Waals surface area contributed by atoms with Gasteiger partial charge in [-0.2, -0.15) is 13.2 Å². The van der Waals surface area contributed by atoms with E-state index in [-0.39, 0.29) is 19.6 Å². The molecule has 12 heavy (non-hydrogen) atoms. The lowest BCUT2D eigenvalue weighted by atomic mass is 10.4. The van der Waals surface area contributed by atoms with Crippen molar-refractivity contribution in [2.24, 2.45) is 0 Å². The van der Waals surface area contributed by atoms with Crippen LogP contribution in [0, 0.1) is 0 Å². The minimum absolute atomic E-state index is 0.0175. The zero-order valence-corrected chi connectivity index (χ0v) is 6.34. The fraction of sp³-hybridized carbons (Fsp3) is 1.00. The highest BCUT2D eigenvalue weighted by Gasteiger charge is 2.38. The summed E-state index contributed by atoms with van der Waals surface area (Å²) in [7, 11) is 0. The predicted molar refractivity (Wildman–Crippen MR) is 34.6 cm³/mol. The van der Waals surface area contributed by atoms with Gasteiger partial charge in [0.1, 0.15) is 0 Å². The third-order valence-corrected chi connectivity index (χ3v) is 1.10. The Balaban J connectivity index is 3.38. The summed E-state index contributed by atoms with van der Waals surface area (Å²) in [5, 5.41) is 16.6. The highest BCUT2D eigenvalue weighted by Crippen LogP contribution is 2.19. The molecule has 0 heterocycles. The van der Waals surface area contributed by atoms with E-state index < -0.39 is 18.9 Å². The first-order valence-corrected chi connectivity index (χ1v) is 3.42. The second kappa shape index (κ2) is 5.34. The lowest BCUT2D eigenvalue weighted by molar-refractivity contribution is -0.217. The second-order valence-corrected chi connectivity index (χ2v) is 2.21. The molecule has 6 heteroatoms. The van der Waals surface area contributed by atoms with Gasteiger partial charge in [-0.1, -0.05) is 0 Å². The van der Waals surface area contributed by atoms with E-state index in [0.717, 1.165) is 0 Å². The van der Waals surface area contributed by atoms with Gasteiger partial charge < -0.3 is 14.9 Å². The largest absolute Gasteiger partial charge is 0.416 e. The van der Waals surface area contributed by atoms with Crippen LogP contribution in [0.4, 0.5) is 13.2 Å². The van der Waals surface area contributed by atoms with Gasteiger partial charge in [0.25, 0.3) is 0 Å². The van der Waals surface area contributed by atoms with Crippen LogP contribution in [0.1, 0.15) is 6.42 Å². The van der Waals surface area contributed by atoms with Crippen LogP contribution in [0.3, 0.4) is 0 Å². The first-order valence-electron chi connectivity index (χ1n) is 3.42. The number of halogens is 3. The molecule has 0 aromatic heterocycles. The van der Waals surface area contributed by atoms with Gasteiger partial charge in [-0.05, 0) is 6.42 Å². The SMILES string of the molecule is OCCCOCC(O)C(F)(F)F. The van der Waals surface area contributed by atoms with Crippen LogP contribution in [-0.2, 0) is 4.74 Å². The van der Waals surface area contributed by atoms with Crippen LogP contribution in [0.15, 0.2) is 0 Å². The fourth-order valence-electron chi connectivity index (χ4n) is 0.456. The summed E-state index contributed by atoms with van der Waals surface area (Å²) < 4.78 is 39.2. The summed E-state index contributed by atoms with van der Waals surface area (Å²) in [6.45, 7) is -0.894. The quantitative estimate of drug-likeness (QED) is 0.610. The minimum atomic E-state index is -4.63. The van der Waals surface area contributed by atoms with Gasteiger partial charge in [0, 0.05) is 13.2 Å². The summed E-state index contributed by atoms with van der Waals surface area (Å²) in [5.74, 6) is 0. The minimum Gasteiger partial charge on any atom is -0.396 e. The van der Waals surface area contributed by atoms with Crippen molar-refractivity contribution < 1.29 is 28.1 Å². The van der Waals surface area contributed by atoms with E-state index in [4.69, 9.17) is 10.2 Å². The zero-order chi connectivity index (χ0) is 9.61. The summed E-state index contributed by atoms with van der Waals surface area (Å²) in [6, 6.07) is 0. The lowest BCUT2D eigenvalue weighted by Crippen LogP contribution is -2.33. The first-order chi connectivity index (χ1) is 5.48. The Bertz CT molecular complexity index is 115. The molecule has 0 amide bonds. The van der Waals surface area contributed by atoms with Crippen LogP contribution >= 0.6 is 0 Å². The van der Waals surface area contributed by atoms with Crippen molar-refractivity contribution in [2.75, 3.05) is 19.8 Å². The molecule has 0 aliphatic heterocycles. The van der Waals surface area contributed by atoms with Crippen LogP contribution in [-0.4, -0.2) is 42.3 Å². The average molecular weight is 188 g/mol. The summed E-state index contributed by atoms with van der Waals surface area (Å²) >= 11 is 0. The van der Waals surface area contributed by atoms with Crippen molar-refractivity contribution in [1.82, 2.24) is 0 Å². The molecular weight excluding hydrogens is 177 g/mol. The molecule has 3 nitrogen and oxygen atoms in total. The Labute approximate surface area is 67.8 Å². The molecule has 0 saturated carbocycles. The summed E-state index contributed by atoms with van der Waals surface area (Å²) in [6.07, 6.45) is -6.79. The lowest BCUT2D eigenvalue weighted by Gasteiger charge is -2.13. The Morgan fingerprint density at radius 2 is 1.92 bits per heavy atom. The van der Waals surface area contributed by atoms with E-state index in [9.17, 15) is 13.2 Å². The molecule has 0 spiro atoms. The van der Waals surface area contributed by atoms with Crippen LogP contribution in [0.5, 0.6) is 0 Å². The van der Waals surface area contributed by atoms with Gasteiger partial charge in [-0.25, -0.2) is 0 Å². The highest BCUT2D eigenvalue weighted by molar-refractivity contribution is 4.63. The third-order valence-electron chi connectivity index (χ3n) is 1.10. The summed E-state index contributed by atoms with van der Waals surface area (Å²) in [5.41, 5.74) is 0. The van der Waals surface area contributed by atoms with Crippen molar-refractivity contribution in [2.45, 2.75) is 18.7 Å². The van der Waals surface area contributed by atoms with E-state index in [0.29, 0.717) is 0 Å². The molecule has 1 atom stereocenters. The smallest absolute Gasteiger partial charge is 0.396 e. The van der Waals surface area contributed by atoms with E-state index >= 15 is 0 Å². The van der Waals surface area contributed by atoms with E-state index in [1.165, 1.54) is 0 Å². The summed E-state index contributed by atoms with van der Waals surface area (Å²) in [4.78, 5) is 0. The van der Waals surface area contributed by atoms with Gasteiger partial charge in [0.2, 0.25) is 0 Å². The molecule has 0 fully saturated rings. The van der Waals surface area contributed by atoms with Gasteiger partial charge >= 0.3 is 6.18 Å². The van der Waals surface area contributed by atoms with E-state index in [2.05, 4.69) is 4.74 Å². The molecule has 0 rings (SSSR count). The number of hydrogen-bond donors (Lipinski definition) is 2. The monoisotopic (exact) mass is 188 g/mol. The van der Waals surface area contributed by atoms with Gasteiger partial charge in [0.05, 0.1) is 6.61 Å². The number of alkyl halides is 3. The number of rotatable bonds is 5. The molecule has 0 bridgehead atoms. The van der Waals surface area contributed by atoms with E-state index in [1.807, 2.05) is 0 Å². The molecule has 0 aromatic carbocycles. The van der Waals surface area contributed by atoms with Crippen molar-refractivity contribution >= 4 is 0 Å². The fourth-order valence-corrected chi connectivity index (χ4v) is 0.456. The molecule has 1 unspecified atom stereocenters. The van der Waals surface area contributed by atoms with E-state index in [1.54, 1.807) is 0 Å². The molecule has 0 aliphatic rings. The first kappa shape index (κ1) is 11.7. The number of aliphatic hydroxyl groups excluding tert-OH is 2. The molecule has 2 N–H and O–H groups in total. The Morgan fingerprint density at radius 3 is 2.33 bits per heavy atom. The van der Waals surface area contributed by atoms with Crippen molar-refractivity contribution in [3.05, 3.63) is 0 Å². The van der Waals surface area contributed by atoms with Gasteiger partial charge in [-0.15, -0.1) is 0 Å². The second-order valence-electron chi connectivity index (χ2n) is 2.21. The molecular formula is C6H11F3O3. The average Bonchev–Trinajstić information content (AvgIpc) is 1.96. The Hall–Kier alpha value is -0.330. The van der Waals surface area contributed by atoms with Crippen molar-refractivity contribution in [1.29, 1.82) is 0 Å². The van der Waals surface area contributed by atoms with Crippen LogP contribution in [0.25, 0.3) is 0 Å². The number of aliphatic hydroxyl groups is 2. The van der Waals surface area contributed by atoms with Gasteiger partial charge in [0.15, 0.2) is 6.10 Å².